The van der Waals surface area contributed by atoms with E-state index in [0.717, 1.165) is 5.69 Å². The van der Waals surface area contributed by atoms with Gasteiger partial charge in [0.1, 0.15) is 5.82 Å². The Morgan fingerprint density at radius 3 is 2.02 bits per heavy atom. The molecule has 2 N–H and O–H groups in total. The van der Waals surface area contributed by atoms with Crippen LogP contribution in [0.5, 0.6) is 0 Å². The number of pyridine rings is 1. The van der Waals surface area contributed by atoms with Gasteiger partial charge in [-0.3, -0.25) is 9.52 Å². The topological polar surface area (TPSA) is 120 Å². The lowest BCUT2D eigenvalue weighted by molar-refractivity contribution is 0.0698. The first-order valence-electron chi connectivity index (χ1n) is 12.1. The molecule has 41 heavy (non-hydrogen) atoms. The van der Waals surface area contributed by atoms with E-state index in [1.807, 2.05) is 29.2 Å². The number of carbonyl (C=O) groups is 2. The molecule has 0 radical (unpaired) electrons. The van der Waals surface area contributed by atoms with E-state index in [1.165, 1.54) is 24.3 Å². The minimum absolute atomic E-state index is 0. The Kier molecular flexibility index (Phi) is 11.4. The first kappa shape index (κ1) is 33.6. The molecule has 1 fully saturated rings. The summed E-state index contributed by atoms with van der Waals surface area (Å²) in [5.74, 6) is -0.538. The number of hydrogen-bond donors (Lipinski definition) is 2. The van der Waals surface area contributed by atoms with Crippen LogP contribution in [0, 0.1) is 0 Å². The third-order valence-electron chi connectivity index (χ3n) is 6.57. The van der Waals surface area contributed by atoms with Crippen molar-refractivity contribution in [3.05, 3.63) is 90.0 Å². The van der Waals surface area contributed by atoms with E-state index in [0.29, 0.717) is 48.5 Å². The smallest absolute Gasteiger partial charge is 0.336 e. The summed E-state index contributed by atoms with van der Waals surface area (Å²) in [6.07, 6.45) is 0. The van der Waals surface area contributed by atoms with E-state index in [1.54, 1.807) is 37.3 Å². The van der Waals surface area contributed by atoms with Gasteiger partial charge in [0.15, 0.2) is 5.78 Å². The predicted molar refractivity (Wildman–Crippen MR) is 169 cm³/mol. The first-order valence-corrected chi connectivity index (χ1v) is 13.6. The molecular weight excluding hydrogens is 611 g/mol. The van der Waals surface area contributed by atoms with Crippen LogP contribution in [0.15, 0.2) is 83.8 Å². The minimum atomic E-state index is -3.82. The molecule has 1 saturated heterocycles. The summed E-state index contributed by atoms with van der Waals surface area (Å²) < 4.78 is 28.0. The highest BCUT2D eigenvalue weighted by Gasteiger charge is 2.22. The fourth-order valence-electron chi connectivity index (χ4n) is 4.53. The summed E-state index contributed by atoms with van der Waals surface area (Å²) >= 11 is 0. The average Bonchev–Trinajstić information content (AvgIpc) is 2.93. The van der Waals surface area contributed by atoms with Gasteiger partial charge in [0.2, 0.25) is 0 Å². The van der Waals surface area contributed by atoms with Crippen molar-refractivity contribution in [1.82, 2.24) is 4.98 Å². The van der Waals surface area contributed by atoms with Gasteiger partial charge in [0.05, 0.1) is 16.0 Å². The zero-order valence-electron chi connectivity index (χ0n) is 21.9. The summed E-state index contributed by atoms with van der Waals surface area (Å²) in [5, 5.41) is 10.3. The summed E-state index contributed by atoms with van der Waals surface area (Å²) in [7, 11) is -3.82. The minimum Gasteiger partial charge on any atom is -0.478 e. The van der Waals surface area contributed by atoms with E-state index < -0.39 is 16.0 Å². The lowest BCUT2D eigenvalue weighted by Gasteiger charge is -2.37. The Balaban J connectivity index is 0.00000196. The molecule has 0 atom stereocenters. The van der Waals surface area contributed by atoms with Crippen molar-refractivity contribution in [3.63, 3.8) is 0 Å². The second-order valence-electron chi connectivity index (χ2n) is 9.06. The predicted octanol–water partition coefficient (Wildman–Crippen LogP) is 5.53. The van der Waals surface area contributed by atoms with Crippen molar-refractivity contribution >= 4 is 87.1 Å². The van der Waals surface area contributed by atoms with E-state index in [2.05, 4.69) is 9.62 Å². The number of piperazine rings is 1. The lowest BCUT2D eigenvalue weighted by atomic mass is 10.1. The number of benzene rings is 3. The molecule has 0 saturated carbocycles. The number of carboxylic acid groups (broad SMARTS) is 1. The summed E-state index contributed by atoms with van der Waals surface area (Å²) in [6, 6.07) is 21.7. The highest BCUT2D eigenvalue weighted by Crippen LogP contribution is 2.28. The van der Waals surface area contributed by atoms with Crippen LogP contribution in [0.3, 0.4) is 0 Å². The molecule has 4 aromatic rings. The Labute approximate surface area is 256 Å². The quantitative estimate of drug-likeness (QED) is 0.254. The van der Waals surface area contributed by atoms with Crippen LogP contribution < -0.4 is 14.5 Å². The van der Waals surface area contributed by atoms with Gasteiger partial charge in [-0.05, 0) is 67.6 Å². The molecule has 218 valence electrons. The van der Waals surface area contributed by atoms with E-state index in [-0.39, 0.29) is 59.2 Å². The van der Waals surface area contributed by atoms with Crippen LogP contribution in [-0.2, 0) is 10.0 Å². The maximum absolute atomic E-state index is 12.7. The van der Waals surface area contributed by atoms with Gasteiger partial charge in [-0.2, -0.15) is 0 Å². The first-order chi connectivity index (χ1) is 18.2. The molecule has 0 unspecified atom stereocenters. The van der Waals surface area contributed by atoms with Crippen molar-refractivity contribution in [1.29, 1.82) is 0 Å². The molecule has 13 heteroatoms. The molecule has 1 aliphatic heterocycles. The number of nitrogens with zero attached hydrogens (tertiary/aromatic N) is 3. The molecule has 2 heterocycles. The Bertz CT molecular complexity index is 1630. The molecule has 0 aliphatic carbocycles. The van der Waals surface area contributed by atoms with Crippen molar-refractivity contribution in [2.45, 2.75) is 11.8 Å². The number of rotatable bonds is 7. The average molecular weight is 640 g/mol. The van der Waals surface area contributed by atoms with Gasteiger partial charge in [-0.25, -0.2) is 18.2 Å². The number of fused-ring (bicyclic) bond motifs is 1. The highest BCUT2D eigenvalue weighted by atomic mass is 35.5. The van der Waals surface area contributed by atoms with Crippen molar-refractivity contribution in [2.75, 3.05) is 40.7 Å². The van der Waals surface area contributed by atoms with Crippen molar-refractivity contribution in [2.24, 2.45) is 0 Å². The second-order valence-corrected chi connectivity index (χ2v) is 10.7. The Morgan fingerprint density at radius 2 is 1.44 bits per heavy atom. The number of sulfonamides is 1. The van der Waals surface area contributed by atoms with E-state index in [9.17, 15) is 23.1 Å². The number of carbonyl (C=O) groups excluding carboxylic acids is 1. The number of aromatic carboxylic acids is 1. The zero-order chi connectivity index (χ0) is 26.9. The maximum atomic E-state index is 12.7. The Morgan fingerprint density at radius 1 is 0.829 bits per heavy atom. The van der Waals surface area contributed by atoms with Gasteiger partial charge < -0.3 is 14.9 Å². The number of carboxylic acids is 1. The summed E-state index contributed by atoms with van der Waals surface area (Å²) in [6.45, 7) is 4.24. The SMILES string of the molecule is CC(=O)c1ccc(N2CCN(c3cc(C(=O)O)c4cc(NS(=O)(=O)c5ccccc5)ccc4n3)CC2)cc1.Cl.Cl.Cl. The Hall–Kier alpha value is -3.57. The fraction of sp³-hybridized carbons (Fsp3) is 0.179. The third kappa shape index (κ3) is 7.39. The van der Waals surface area contributed by atoms with Gasteiger partial charge in [0.25, 0.3) is 10.0 Å². The number of halogens is 3. The van der Waals surface area contributed by atoms with Crippen LogP contribution in [0.25, 0.3) is 10.9 Å². The molecule has 1 aromatic heterocycles. The second kappa shape index (κ2) is 13.9. The van der Waals surface area contributed by atoms with Gasteiger partial charge >= 0.3 is 5.97 Å². The third-order valence-corrected chi connectivity index (χ3v) is 7.97. The number of nitrogens with one attached hydrogen (secondary N) is 1. The standard InChI is InChI=1S/C28H26N4O5S.3ClH/c1-19(33)20-7-10-22(11-8-20)31-13-15-32(16-14-31)27-18-25(28(34)35)24-17-21(9-12-26(24)29-27)30-38(36,37)23-5-3-2-4-6-23;;;/h2-12,17-18,30H,13-16H2,1H3,(H,34,35);3*1H. The molecule has 0 spiro atoms. The number of ketones is 1. The van der Waals surface area contributed by atoms with Crippen LogP contribution >= 0.6 is 37.2 Å². The monoisotopic (exact) mass is 638 g/mol. The molecule has 3 aromatic carbocycles. The number of aromatic nitrogens is 1. The summed E-state index contributed by atoms with van der Waals surface area (Å²) in [4.78, 5) is 32.8. The number of Topliss-reactive ketones (excluding diaryl/α,β-unsaturated/α-hetero) is 1. The zero-order valence-corrected chi connectivity index (χ0v) is 25.2. The van der Waals surface area contributed by atoms with Crippen LogP contribution in [0.4, 0.5) is 17.2 Å². The largest absolute Gasteiger partial charge is 0.478 e. The number of anilines is 3. The molecule has 5 rings (SSSR count). The normalized spacial score (nSPS) is 12.9. The fourth-order valence-corrected chi connectivity index (χ4v) is 5.60. The molecular formula is C28H29Cl3N4O5S. The van der Waals surface area contributed by atoms with E-state index in [4.69, 9.17) is 4.98 Å². The van der Waals surface area contributed by atoms with E-state index >= 15 is 0 Å². The van der Waals surface area contributed by atoms with Crippen molar-refractivity contribution < 1.29 is 23.1 Å². The molecule has 9 nitrogen and oxygen atoms in total. The number of hydrogen-bond acceptors (Lipinski definition) is 7. The van der Waals surface area contributed by atoms with Gasteiger partial charge in [-0.15, -0.1) is 37.2 Å². The van der Waals surface area contributed by atoms with Crippen LogP contribution in [0.2, 0.25) is 0 Å². The van der Waals surface area contributed by atoms with Crippen LogP contribution in [0.1, 0.15) is 27.6 Å². The van der Waals surface area contributed by atoms with Gasteiger partial charge in [0, 0.05) is 48.5 Å². The molecule has 0 amide bonds. The summed E-state index contributed by atoms with van der Waals surface area (Å²) in [5.41, 5.74) is 2.46. The van der Waals surface area contributed by atoms with Gasteiger partial charge in [-0.1, -0.05) is 18.2 Å². The highest BCUT2D eigenvalue weighted by molar-refractivity contribution is 7.92. The maximum Gasteiger partial charge on any atom is 0.336 e. The lowest BCUT2D eigenvalue weighted by Crippen LogP contribution is -2.46. The van der Waals surface area contributed by atoms with Crippen LogP contribution in [-0.4, -0.2) is 56.4 Å². The molecule has 1 aliphatic rings. The van der Waals surface area contributed by atoms with Crippen molar-refractivity contribution in [3.8, 4) is 0 Å². The molecule has 0 bridgehead atoms.